The number of hydrogen-bond acceptors (Lipinski definition) is 2. The molecule has 4 N–H and O–H groups in total. The third-order valence-corrected chi connectivity index (χ3v) is 4.18. The van der Waals surface area contributed by atoms with Crippen molar-refractivity contribution in [3.63, 3.8) is 0 Å². The van der Waals surface area contributed by atoms with E-state index in [0.29, 0.717) is 12.0 Å². The van der Waals surface area contributed by atoms with Crippen LogP contribution in [0.2, 0.25) is 0 Å². The topological polar surface area (TPSA) is 86.2 Å². The molecule has 130 valence electrons. The molecule has 0 bridgehead atoms. The minimum absolute atomic E-state index is 0.0562. The fraction of sp³-hybridized carbons (Fsp3) is 0.0476. The fourth-order valence-corrected chi connectivity index (χ4v) is 3.04. The van der Waals surface area contributed by atoms with Crippen LogP contribution in [0.1, 0.15) is 31.8 Å². The number of amides is 2. The van der Waals surface area contributed by atoms with Gasteiger partial charge in [-0.2, -0.15) is 0 Å². The first-order valence-corrected chi connectivity index (χ1v) is 8.03. The Balaban J connectivity index is 2.28. The van der Waals surface area contributed by atoms with Crippen molar-refractivity contribution in [3.8, 4) is 11.1 Å². The van der Waals surface area contributed by atoms with Crippen LogP contribution in [-0.2, 0) is 6.42 Å². The smallest absolute Gasteiger partial charge is 0.249 e. The van der Waals surface area contributed by atoms with Crippen molar-refractivity contribution in [2.24, 2.45) is 11.5 Å². The second kappa shape index (κ2) is 7.19. The van der Waals surface area contributed by atoms with E-state index in [2.05, 4.69) is 0 Å². The maximum atomic E-state index is 14.8. The molecule has 0 aliphatic heterocycles. The van der Waals surface area contributed by atoms with Gasteiger partial charge in [0, 0.05) is 22.3 Å². The maximum Gasteiger partial charge on any atom is 0.249 e. The van der Waals surface area contributed by atoms with Gasteiger partial charge in [-0.25, -0.2) is 4.39 Å². The van der Waals surface area contributed by atoms with Crippen LogP contribution in [-0.4, -0.2) is 11.8 Å². The molecule has 3 aromatic carbocycles. The number of nitrogens with two attached hydrogens (primary N) is 2. The van der Waals surface area contributed by atoms with Gasteiger partial charge in [-0.15, -0.1) is 0 Å². The van der Waals surface area contributed by atoms with Gasteiger partial charge in [-0.05, 0) is 35.7 Å². The lowest BCUT2D eigenvalue weighted by Gasteiger charge is -2.16. The number of carbonyl (C=O) groups excluding carboxylic acids is 2. The summed E-state index contributed by atoms with van der Waals surface area (Å²) in [7, 11) is 0. The predicted molar refractivity (Wildman–Crippen MR) is 98.1 cm³/mol. The van der Waals surface area contributed by atoms with Crippen LogP contribution < -0.4 is 11.5 Å². The normalized spacial score (nSPS) is 10.5. The zero-order chi connectivity index (χ0) is 18.7. The Morgan fingerprint density at radius 3 is 1.88 bits per heavy atom. The summed E-state index contributed by atoms with van der Waals surface area (Å²) in [5.74, 6) is -2.05. The van der Waals surface area contributed by atoms with Crippen LogP contribution in [0.5, 0.6) is 0 Å². The van der Waals surface area contributed by atoms with Crippen LogP contribution in [0.4, 0.5) is 4.39 Å². The minimum Gasteiger partial charge on any atom is -0.366 e. The van der Waals surface area contributed by atoms with Crippen molar-refractivity contribution in [1.82, 2.24) is 0 Å². The summed E-state index contributed by atoms with van der Waals surface area (Å²) in [4.78, 5) is 23.8. The fourth-order valence-electron chi connectivity index (χ4n) is 3.04. The number of halogens is 1. The molecule has 26 heavy (non-hydrogen) atoms. The van der Waals surface area contributed by atoms with E-state index < -0.39 is 17.6 Å². The van der Waals surface area contributed by atoms with Crippen LogP contribution in [0.3, 0.4) is 0 Å². The zero-order valence-electron chi connectivity index (χ0n) is 13.9. The third-order valence-electron chi connectivity index (χ3n) is 4.18. The molecule has 0 saturated carbocycles. The highest BCUT2D eigenvalue weighted by Gasteiger charge is 2.22. The van der Waals surface area contributed by atoms with Gasteiger partial charge >= 0.3 is 0 Å². The average molecular weight is 348 g/mol. The highest BCUT2D eigenvalue weighted by Crippen LogP contribution is 2.34. The van der Waals surface area contributed by atoms with E-state index in [1.165, 1.54) is 24.3 Å². The summed E-state index contributed by atoms with van der Waals surface area (Å²) in [5, 5.41) is 0. The lowest BCUT2D eigenvalue weighted by atomic mass is 9.88. The van der Waals surface area contributed by atoms with E-state index in [4.69, 9.17) is 11.5 Å². The molecule has 0 aromatic heterocycles. The largest absolute Gasteiger partial charge is 0.366 e. The summed E-state index contributed by atoms with van der Waals surface area (Å²) in [6, 6.07) is 18.6. The molecule has 2 amide bonds. The molecule has 4 nitrogen and oxygen atoms in total. The van der Waals surface area contributed by atoms with Gasteiger partial charge < -0.3 is 11.5 Å². The second-order valence-electron chi connectivity index (χ2n) is 5.89. The van der Waals surface area contributed by atoms with E-state index >= 15 is 0 Å². The number of rotatable bonds is 5. The highest BCUT2D eigenvalue weighted by molar-refractivity contribution is 6.08. The summed E-state index contributed by atoms with van der Waals surface area (Å²) in [6.45, 7) is 0. The molecule has 5 heteroatoms. The Bertz CT molecular complexity index is 952. The highest BCUT2D eigenvalue weighted by atomic mass is 19.1. The maximum absolute atomic E-state index is 14.8. The average Bonchev–Trinajstić information content (AvgIpc) is 2.62. The van der Waals surface area contributed by atoms with Gasteiger partial charge in [0.25, 0.3) is 0 Å². The Labute approximate surface area is 150 Å². The molecule has 0 fully saturated rings. The molecule has 0 heterocycles. The number of carbonyl (C=O) groups is 2. The molecule has 0 aliphatic carbocycles. The Morgan fingerprint density at radius 1 is 0.731 bits per heavy atom. The van der Waals surface area contributed by atoms with Gasteiger partial charge in [0.15, 0.2) is 0 Å². The molecule has 0 aliphatic rings. The summed E-state index contributed by atoms with van der Waals surface area (Å²) in [6.07, 6.45) is 0.430. The number of primary amides is 2. The lowest BCUT2D eigenvalue weighted by molar-refractivity contribution is 0.0999. The monoisotopic (exact) mass is 348 g/mol. The van der Waals surface area contributed by atoms with Crippen molar-refractivity contribution < 1.29 is 14.0 Å². The first kappa shape index (κ1) is 17.4. The Hall–Kier alpha value is -3.47. The predicted octanol–water partition coefficient (Wildman–Crippen LogP) is 3.28. The zero-order valence-corrected chi connectivity index (χ0v) is 13.9. The van der Waals surface area contributed by atoms with Gasteiger partial charge in [0.05, 0.1) is 0 Å². The molecule has 3 aromatic rings. The molecule has 0 spiro atoms. The Morgan fingerprint density at radius 2 is 1.31 bits per heavy atom. The van der Waals surface area contributed by atoms with Crippen molar-refractivity contribution in [3.05, 3.63) is 94.8 Å². The van der Waals surface area contributed by atoms with E-state index in [9.17, 15) is 14.0 Å². The van der Waals surface area contributed by atoms with Gasteiger partial charge in [-0.3, -0.25) is 9.59 Å². The Kier molecular flexibility index (Phi) is 4.80. The van der Waals surface area contributed by atoms with Crippen LogP contribution >= 0.6 is 0 Å². The quantitative estimate of drug-likeness (QED) is 0.741. The van der Waals surface area contributed by atoms with Crippen molar-refractivity contribution in [2.45, 2.75) is 6.42 Å². The molecule has 3 rings (SSSR count). The van der Waals surface area contributed by atoms with Crippen LogP contribution in [0.25, 0.3) is 11.1 Å². The summed E-state index contributed by atoms with van der Waals surface area (Å²) >= 11 is 0. The lowest BCUT2D eigenvalue weighted by Crippen LogP contribution is -2.19. The van der Waals surface area contributed by atoms with Crippen molar-refractivity contribution in [1.29, 1.82) is 0 Å². The molecular formula is C21H17FN2O2. The first-order chi connectivity index (χ1) is 12.5. The summed E-state index contributed by atoms with van der Waals surface area (Å²) in [5.41, 5.74) is 12.9. The standard InChI is InChI=1S/C21H17FN2O2/c22-17-11-4-8-14(12-13-6-2-1-3-7-13)18(17)19-15(20(23)25)9-5-10-16(19)21(24)26/h1-11H,12H2,(H2,23,25)(H2,24,26). The van der Waals surface area contributed by atoms with E-state index in [1.54, 1.807) is 12.1 Å². The van der Waals surface area contributed by atoms with E-state index in [1.807, 2.05) is 30.3 Å². The minimum atomic E-state index is -0.753. The van der Waals surface area contributed by atoms with Gasteiger partial charge in [0.2, 0.25) is 11.8 Å². The number of hydrogen-bond donors (Lipinski definition) is 2. The summed E-state index contributed by atoms with van der Waals surface area (Å²) < 4.78 is 14.8. The molecule has 0 atom stereocenters. The second-order valence-corrected chi connectivity index (χ2v) is 5.89. The van der Waals surface area contributed by atoms with Crippen molar-refractivity contribution >= 4 is 11.8 Å². The van der Waals surface area contributed by atoms with Crippen LogP contribution in [0.15, 0.2) is 66.7 Å². The third kappa shape index (κ3) is 3.32. The van der Waals surface area contributed by atoms with E-state index in [-0.39, 0.29) is 22.3 Å². The van der Waals surface area contributed by atoms with Gasteiger partial charge in [-0.1, -0.05) is 48.5 Å². The first-order valence-electron chi connectivity index (χ1n) is 8.03. The molecule has 0 unspecified atom stereocenters. The molecule has 0 saturated heterocycles. The molecular weight excluding hydrogens is 331 g/mol. The van der Waals surface area contributed by atoms with Gasteiger partial charge in [0.1, 0.15) is 5.82 Å². The SMILES string of the molecule is NC(=O)c1cccc(C(N)=O)c1-c1c(F)cccc1Cc1ccccc1. The van der Waals surface area contributed by atoms with Crippen molar-refractivity contribution in [2.75, 3.05) is 0 Å². The van der Waals surface area contributed by atoms with E-state index in [0.717, 1.165) is 5.56 Å². The van der Waals surface area contributed by atoms with Crippen LogP contribution in [0, 0.1) is 5.82 Å². The molecule has 0 radical (unpaired) electrons. The number of benzene rings is 3.